The molecule has 0 bridgehead atoms. The van der Waals surface area contributed by atoms with Crippen LogP contribution in [-0.2, 0) is 4.74 Å². The average molecular weight is 364 g/mol. The molecular formula is C21H20N2O4. The Morgan fingerprint density at radius 2 is 1.96 bits per heavy atom. The molecule has 0 radical (unpaired) electrons. The number of fused-ring (bicyclic) bond motifs is 1. The van der Waals surface area contributed by atoms with Gasteiger partial charge in [-0.1, -0.05) is 12.1 Å². The summed E-state index contributed by atoms with van der Waals surface area (Å²) >= 11 is 0. The summed E-state index contributed by atoms with van der Waals surface area (Å²) in [6.45, 7) is 1.82. The molecule has 6 heteroatoms. The number of carbonyl (C=O) groups is 1. The van der Waals surface area contributed by atoms with Crippen LogP contribution in [0.3, 0.4) is 0 Å². The number of ether oxygens (including phenoxy) is 1. The lowest BCUT2D eigenvalue weighted by Gasteiger charge is -2.18. The lowest BCUT2D eigenvalue weighted by Crippen LogP contribution is -2.22. The second-order valence-corrected chi connectivity index (χ2v) is 6.56. The molecule has 2 heterocycles. The van der Waals surface area contributed by atoms with E-state index in [1.54, 1.807) is 31.4 Å². The second kappa shape index (κ2) is 7.25. The molecule has 138 valence electrons. The standard InChI is InChI=1S/C21H20N2O4/c1-26-16-10-11-23(13-16)15-8-6-14(7-9-15)22-21(25)20-12-18(24)17-4-2-3-5-19(17)27-20/h2-9,12,16H,10-11,13H2,1H3,(H,22,25). The topological polar surface area (TPSA) is 71.8 Å². The normalized spacial score (nSPS) is 16.6. The van der Waals surface area contributed by atoms with Gasteiger partial charge in [0.2, 0.25) is 0 Å². The molecule has 1 aromatic heterocycles. The molecule has 1 fully saturated rings. The Morgan fingerprint density at radius 3 is 2.70 bits per heavy atom. The van der Waals surface area contributed by atoms with Crippen LogP contribution < -0.4 is 15.6 Å². The van der Waals surface area contributed by atoms with E-state index in [4.69, 9.17) is 9.15 Å². The molecule has 0 aliphatic carbocycles. The molecule has 1 aliphatic rings. The Balaban J connectivity index is 1.49. The average Bonchev–Trinajstić information content (AvgIpc) is 3.18. The van der Waals surface area contributed by atoms with Gasteiger partial charge in [0.1, 0.15) is 5.58 Å². The minimum atomic E-state index is -0.453. The van der Waals surface area contributed by atoms with Gasteiger partial charge in [0.25, 0.3) is 5.91 Å². The van der Waals surface area contributed by atoms with Crippen molar-refractivity contribution in [3.63, 3.8) is 0 Å². The number of rotatable bonds is 4. The molecule has 1 unspecified atom stereocenters. The lowest BCUT2D eigenvalue weighted by molar-refractivity contribution is 0.0997. The van der Waals surface area contributed by atoms with Crippen LogP contribution in [0.5, 0.6) is 0 Å². The van der Waals surface area contributed by atoms with Crippen molar-refractivity contribution in [2.45, 2.75) is 12.5 Å². The van der Waals surface area contributed by atoms with E-state index in [9.17, 15) is 9.59 Å². The zero-order valence-electron chi connectivity index (χ0n) is 15.0. The summed E-state index contributed by atoms with van der Waals surface area (Å²) in [6, 6.07) is 15.7. The molecule has 27 heavy (non-hydrogen) atoms. The van der Waals surface area contributed by atoms with Gasteiger partial charge in [0, 0.05) is 37.6 Å². The smallest absolute Gasteiger partial charge is 0.291 e. The fourth-order valence-corrected chi connectivity index (χ4v) is 3.32. The third-order valence-electron chi connectivity index (χ3n) is 4.83. The molecule has 2 aromatic carbocycles. The van der Waals surface area contributed by atoms with E-state index in [-0.39, 0.29) is 17.3 Å². The zero-order valence-corrected chi connectivity index (χ0v) is 15.0. The summed E-state index contributed by atoms with van der Waals surface area (Å²) in [6.07, 6.45) is 1.27. The minimum absolute atomic E-state index is 0.00902. The van der Waals surface area contributed by atoms with E-state index in [2.05, 4.69) is 10.2 Å². The maximum atomic E-state index is 12.5. The number of hydrogen-bond acceptors (Lipinski definition) is 5. The number of methoxy groups -OCH3 is 1. The van der Waals surface area contributed by atoms with E-state index >= 15 is 0 Å². The SMILES string of the molecule is COC1CCN(c2ccc(NC(=O)c3cc(=O)c4ccccc4o3)cc2)C1. The van der Waals surface area contributed by atoms with Crippen LogP contribution in [0.25, 0.3) is 11.0 Å². The van der Waals surface area contributed by atoms with Gasteiger partial charge in [-0.25, -0.2) is 0 Å². The van der Waals surface area contributed by atoms with Crippen molar-refractivity contribution in [1.82, 2.24) is 0 Å². The van der Waals surface area contributed by atoms with Gasteiger partial charge in [-0.15, -0.1) is 0 Å². The number of hydrogen-bond donors (Lipinski definition) is 1. The number of benzene rings is 2. The third kappa shape index (κ3) is 3.57. The first kappa shape index (κ1) is 17.3. The quantitative estimate of drug-likeness (QED) is 0.769. The van der Waals surface area contributed by atoms with Crippen molar-refractivity contribution in [2.75, 3.05) is 30.4 Å². The Hall–Kier alpha value is -3.12. The monoisotopic (exact) mass is 364 g/mol. The summed E-state index contributed by atoms with van der Waals surface area (Å²) < 4.78 is 11.0. The van der Waals surface area contributed by atoms with Gasteiger partial charge >= 0.3 is 0 Å². The Morgan fingerprint density at radius 1 is 1.19 bits per heavy atom. The molecule has 0 saturated carbocycles. The first-order valence-corrected chi connectivity index (χ1v) is 8.86. The number of carbonyl (C=O) groups excluding carboxylic acids is 1. The summed E-state index contributed by atoms with van der Waals surface area (Å²) in [5.74, 6) is -0.462. The molecule has 4 rings (SSSR count). The first-order chi connectivity index (χ1) is 13.1. The minimum Gasteiger partial charge on any atom is -0.451 e. The van der Waals surface area contributed by atoms with Gasteiger partial charge in [-0.05, 0) is 42.8 Å². The number of nitrogens with one attached hydrogen (secondary N) is 1. The third-order valence-corrected chi connectivity index (χ3v) is 4.83. The van der Waals surface area contributed by atoms with Crippen LogP contribution >= 0.6 is 0 Å². The molecular weight excluding hydrogens is 344 g/mol. The summed E-state index contributed by atoms with van der Waals surface area (Å²) in [5.41, 5.74) is 1.89. The maximum absolute atomic E-state index is 12.5. The summed E-state index contributed by atoms with van der Waals surface area (Å²) in [5, 5.41) is 3.23. The molecule has 3 aromatic rings. The van der Waals surface area contributed by atoms with Crippen molar-refractivity contribution in [1.29, 1.82) is 0 Å². The highest BCUT2D eigenvalue weighted by molar-refractivity contribution is 6.03. The highest BCUT2D eigenvalue weighted by Gasteiger charge is 2.22. The van der Waals surface area contributed by atoms with Gasteiger partial charge in [0.15, 0.2) is 11.2 Å². The number of anilines is 2. The van der Waals surface area contributed by atoms with E-state index < -0.39 is 5.91 Å². The van der Waals surface area contributed by atoms with Crippen molar-refractivity contribution in [3.8, 4) is 0 Å². The summed E-state index contributed by atoms with van der Waals surface area (Å²) in [4.78, 5) is 26.9. The predicted molar refractivity (Wildman–Crippen MR) is 105 cm³/mol. The summed E-state index contributed by atoms with van der Waals surface area (Å²) in [7, 11) is 1.73. The van der Waals surface area contributed by atoms with Crippen LogP contribution in [0.2, 0.25) is 0 Å². The fourth-order valence-electron chi connectivity index (χ4n) is 3.32. The highest BCUT2D eigenvalue weighted by atomic mass is 16.5. The van der Waals surface area contributed by atoms with Gasteiger partial charge in [-0.3, -0.25) is 9.59 Å². The van der Waals surface area contributed by atoms with Crippen LogP contribution in [0, 0.1) is 0 Å². The molecule has 1 N–H and O–H groups in total. The van der Waals surface area contributed by atoms with Crippen molar-refractivity contribution in [3.05, 3.63) is 70.6 Å². The van der Waals surface area contributed by atoms with Crippen LogP contribution in [0.15, 0.2) is 63.8 Å². The molecule has 1 aliphatic heterocycles. The van der Waals surface area contributed by atoms with Crippen LogP contribution in [0.1, 0.15) is 17.0 Å². The predicted octanol–water partition coefficient (Wildman–Crippen LogP) is 3.27. The van der Waals surface area contributed by atoms with Crippen molar-refractivity contribution in [2.24, 2.45) is 0 Å². The van der Waals surface area contributed by atoms with Gasteiger partial charge in [-0.2, -0.15) is 0 Å². The molecule has 6 nitrogen and oxygen atoms in total. The maximum Gasteiger partial charge on any atom is 0.291 e. The van der Waals surface area contributed by atoms with E-state index in [1.165, 1.54) is 6.07 Å². The molecule has 1 atom stereocenters. The first-order valence-electron chi connectivity index (χ1n) is 8.86. The van der Waals surface area contributed by atoms with E-state index in [0.29, 0.717) is 16.7 Å². The highest BCUT2D eigenvalue weighted by Crippen LogP contribution is 2.23. The fraction of sp³-hybridized carbons (Fsp3) is 0.238. The lowest BCUT2D eigenvalue weighted by atomic mass is 10.2. The molecule has 1 saturated heterocycles. The van der Waals surface area contributed by atoms with Crippen molar-refractivity contribution >= 4 is 28.3 Å². The second-order valence-electron chi connectivity index (χ2n) is 6.56. The van der Waals surface area contributed by atoms with E-state index in [1.807, 2.05) is 24.3 Å². The largest absolute Gasteiger partial charge is 0.451 e. The van der Waals surface area contributed by atoms with Crippen LogP contribution in [-0.4, -0.2) is 32.2 Å². The number of nitrogens with zero attached hydrogens (tertiary/aromatic N) is 1. The molecule has 1 amide bonds. The van der Waals surface area contributed by atoms with Crippen molar-refractivity contribution < 1.29 is 13.9 Å². The number of para-hydroxylation sites is 1. The van der Waals surface area contributed by atoms with Crippen LogP contribution in [0.4, 0.5) is 11.4 Å². The van der Waals surface area contributed by atoms with Gasteiger partial charge < -0.3 is 19.4 Å². The molecule has 0 spiro atoms. The van der Waals surface area contributed by atoms with E-state index in [0.717, 1.165) is 25.2 Å². The number of amides is 1. The Kier molecular flexibility index (Phi) is 4.64. The zero-order chi connectivity index (χ0) is 18.8. The Bertz CT molecular complexity index is 1030. The Labute approximate surface area is 156 Å². The van der Waals surface area contributed by atoms with Gasteiger partial charge in [0.05, 0.1) is 11.5 Å².